The Morgan fingerprint density at radius 1 is 1.00 bits per heavy atom. The van der Waals surface area contributed by atoms with Gasteiger partial charge >= 0.3 is 6.18 Å². The summed E-state index contributed by atoms with van der Waals surface area (Å²) in [7, 11) is -4.14. The lowest BCUT2D eigenvalue weighted by Gasteiger charge is -2.26. The second-order valence-corrected chi connectivity index (χ2v) is 8.97. The number of nitrogens with one attached hydrogen (secondary N) is 1. The number of alkyl halides is 3. The molecule has 0 bridgehead atoms. The first-order chi connectivity index (χ1) is 15.7. The van der Waals surface area contributed by atoms with E-state index in [1.807, 2.05) is 0 Å². The number of halogens is 3. The van der Waals surface area contributed by atoms with E-state index in [2.05, 4.69) is 20.4 Å². The van der Waals surface area contributed by atoms with Crippen molar-refractivity contribution in [2.24, 2.45) is 0 Å². The highest BCUT2D eigenvalue weighted by atomic mass is 32.2. The molecular weight excluding hydrogens is 459 g/mol. The van der Waals surface area contributed by atoms with Gasteiger partial charge in [-0.15, -0.1) is 0 Å². The van der Waals surface area contributed by atoms with Crippen LogP contribution in [0.25, 0.3) is 11.4 Å². The molecule has 0 radical (unpaired) electrons. The zero-order valence-corrected chi connectivity index (χ0v) is 17.4. The van der Waals surface area contributed by atoms with Crippen molar-refractivity contribution in [1.29, 1.82) is 0 Å². The van der Waals surface area contributed by atoms with Crippen LogP contribution in [0.5, 0.6) is 0 Å². The Balaban J connectivity index is 1.76. The van der Waals surface area contributed by atoms with Crippen molar-refractivity contribution < 1.29 is 26.1 Å². The summed E-state index contributed by atoms with van der Waals surface area (Å²) in [6.07, 6.45) is -3.56. The quantitative estimate of drug-likeness (QED) is 0.464. The Labute approximate surface area is 185 Å². The molecular formula is C21H14F3N5O3S. The maximum Gasteiger partial charge on any atom is 0.433 e. The normalized spacial score (nSPS) is 13.6. The summed E-state index contributed by atoms with van der Waals surface area (Å²) in [6, 6.07) is 14.5. The summed E-state index contributed by atoms with van der Waals surface area (Å²) in [5.41, 5.74) is -0.129. The molecule has 1 N–H and O–H groups in total. The molecule has 5 rings (SSSR count). The molecule has 0 amide bonds. The molecule has 2 aromatic heterocycles. The van der Waals surface area contributed by atoms with Gasteiger partial charge in [0.05, 0.1) is 22.8 Å². The topological polar surface area (TPSA) is 101 Å². The molecule has 0 atom stereocenters. The molecule has 0 unspecified atom stereocenters. The number of para-hydroxylation sites is 1. The predicted molar refractivity (Wildman–Crippen MR) is 112 cm³/mol. The van der Waals surface area contributed by atoms with Gasteiger partial charge in [0, 0.05) is 11.1 Å². The van der Waals surface area contributed by atoms with Crippen molar-refractivity contribution in [3.05, 3.63) is 78.3 Å². The largest absolute Gasteiger partial charge is 0.433 e. The Hall–Kier alpha value is -3.93. The third-order valence-corrected chi connectivity index (χ3v) is 6.81. The minimum absolute atomic E-state index is 0.0159. The SMILES string of the molecule is O=S(=O)(c1ccccc1)N1Cc2ccc(C(F)(F)F)nc2Nc2cccc(-c3ncon3)c21. The second-order valence-electron chi connectivity index (χ2n) is 7.11. The van der Waals surface area contributed by atoms with Crippen molar-refractivity contribution in [2.45, 2.75) is 17.6 Å². The van der Waals surface area contributed by atoms with Crippen LogP contribution in [0.4, 0.5) is 30.4 Å². The molecule has 0 aliphatic carbocycles. The van der Waals surface area contributed by atoms with Gasteiger partial charge in [-0.3, -0.25) is 4.31 Å². The number of sulfonamides is 1. The van der Waals surface area contributed by atoms with Crippen molar-refractivity contribution in [3.8, 4) is 11.4 Å². The Morgan fingerprint density at radius 3 is 2.48 bits per heavy atom. The second kappa shape index (κ2) is 7.59. The number of hydrogen-bond acceptors (Lipinski definition) is 7. The fourth-order valence-electron chi connectivity index (χ4n) is 3.55. The number of nitrogens with zero attached hydrogens (tertiary/aromatic N) is 4. The average molecular weight is 473 g/mol. The first-order valence-corrected chi connectivity index (χ1v) is 11.0. The molecule has 8 nitrogen and oxygen atoms in total. The van der Waals surface area contributed by atoms with E-state index in [1.165, 1.54) is 18.2 Å². The van der Waals surface area contributed by atoms with Crippen molar-refractivity contribution in [1.82, 2.24) is 15.1 Å². The van der Waals surface area contributed by atoms with E-state index in [4.69, 9.17) is 4.52 Å². The molecule has 33 heavy (non-hydrogen) atoms. The molecule has 0 fully saturated rings. The van der Waals surface area contributed by atoms with Crippen LogP contribution in [-0.4, -0.2) is 23.5 Å². The standard InChI is InChI=1S/C21H14F3N5O3S/c22-21(23,24)17-10-9-13-11-29(33(30,31)14-5-2-1-3-6-14)18-15(20-25-12-32-28-20)7-4-8-16(18)26-19(13)27-17/h1-10,12H,11H2,(H,26,27). The lowest BCUT2D eigenvalue weighted by atomic mass is 10.1. The van der Waals surface area contributed by atoms with Crippen LogP contribution in [0.3, 0.4) is 0 Å². The maximum atomic E-state index is 13.7. The van der Waals surface area contributed by atoms with Gasteiger partial charge in [-0.1, -0.05) is 35.5 Å². The van der Waals surface area contributed by atoms with Gasteiger partial charge in [-0.2, -0.15) is 18.2 Å². The van der Waals surface area contributed by atoms with Gasteiger partial charge in [0.25, 0.3) is 10.0 Å². The molecule has 1 aliphatic heterocycles. The highest BCUT2D eigenvalue weighted by molar-refractivity contribution is 7.92. The summed E-state index contributed by atoms with van der Waals surface area (Å²) < 4.78 is 73.1. The molecule has 0 saturated carbocycles. The number of aromatic nitrogens is 3. The first-order valence-electron chi connectivity index (χ1n) is 9.57. The number of fused-ring (bicyclic) bond motifs is 2. The zero-order valence-electron chi connectivity index (χ0n) is 16.6. The highest BCUT2D eigenvalue weighted by Crippen LogP contribution is 2.44. The lowest BCUT2D eigenvalue weighted by Crippen LogP contribution is -2.30. The van der Waals surface area contributed by atoms with Gasteiger partial charge in [0.1, 0.15) is 11.5 Å². The van der Waals surface area contributed by atoms with Gasteiger partial charge in [-0.05, 0) is 30.3 Å². The molecule has 1 aliphatic rings. The maximum absolute atomic E-state index is 13.7. The van der Waals surface area contributed by atoms with E-state index in [-0.39, 0.29) is 40.0 Å². The van der Waals surface area contributed by atoms with E-state index in [1.54, 1.807) is 36.4 Å². The van der Waals surface area contributed by atoms with E-state index < -0.39 is 21.9 Å². The van der Waals surface area contributed by atoms with Crippen molar-refractivity contribution in [3.63, 3.8) is 0 Å². The van der Waals surface area contributed by atoms with Crippen LogP contribution in [0.1, 0.15) is 11.3 Å². The summed E-state index contributed by atoms with van der Waals surface area (Å²) in [5.74, 6) is 0.0268. The minimum atomic E-state index is -4.66. The number of hydrogen-bond donors (Lipinski definition) is 1. The number of benzene rings is 2. The Kier molecular flexibility index (Phi) is 4.81. The van der Waals surface area contributed by atoms with Crippen LogP contribution in [0, 0.1) is 0 Å². The Morgan fingerprint density at radius 2 is 1.79 bits per heavy atom. The van der Waals surface area contributed by atoms with Gasteiger partial charge in [0.2, 0.25) is 12.2 Å². The highest BCUT2D eigenvalue weighted by Gasteiger charge is 2.36. The molecule has 168 valence electrons. The Bertz CT molecular complexity index is 1430. The van der Waals surface area contributed by atoms with E-state index in [9.17, 15) is 21.6 Å². The van der Waals surface area contributed by atoms with E-state index in [0.29, 0.717) is 5.56 Å². The number of anilines is 3. The third kappa shape index (κ3) is 3.67. The van der Waals surface area contributed by atoms with Crippen LogP contribution < -0.4 is 9.62 Å². The summed E-state index contributed by atoms with van der Waals surface area (Å²) in [5, 5.41) is 6.68. The van der Waals surface area contributed by atoms with Gasteiger partial charge < -0.3 is 9.84 Å². The van der Waals surface area contributed by atoms with Gasteiger partial charge in [-0.25, -0.2) is 13.4 Å². The third-order valence-electron chi connectivity index (χ3n) is 5.06. The molecule has 12 heteroatoms. The summed E-state index contributed by atoms with van der Waals surface area (Å²) in [4.78, 5) is 7.75. The summed E-state index contributed by atoms with van der Waals surface area (Å²) >= 11 is 0. The number of rotatable bonds is 3. The van der Waals surface area contributed by atoms with E-state index in [0.717, 1.165) is 16.8 Å². The monoisotopic (exact) mass is 473 g/mol. The van der Waals surface area contributed by atoms with Crippen LogP contribution in [0.15, 0.2) is 76.5 Å². The van der Waals surface area contributed by atoms with Crippen LogP contribution >= 0.6 is 0 Å². The molecule has 4 aromatic rings. The van der Waals surface area contributed by atoms with Gasteiger partial charge in [0.15, 0.2) is 0 Å². The van der Waals surface area contributed by atoms with Crippen molar-refractivity contribution >= 4 is 27.2 Å². The summed E-state index contributed by atoms with van der Waals surface area (Å²) in [6.45, 7) is -0.271. The first kappa shape index (κ1) is 20.9. The zero-order chi connectivity index (χ0) is 23.2. The van der Waals surface area contributed by atoms with Crippen molar-refractivity contribution in [2.75, 3.05) is 9.62 Å². The average Bonchev–Trinajstić information content (AvgIpc) is 3.27. The molecule has 0 spiro atoms. The number of pyridine rings is 1. The molecule has 0 saturated heterocycles. The molecule has 3 heterocycles. The predicted octanol–water partition coefficient (Wildman–Crippen LogP) is 4.60. The smallest absolute Gasteiger partial charge is 0.342 e. The fraction of sp³-hybridized carbons (Fsp3) is 0.0952. The van der Waals surface area contributed by atoms with E-state index >= 15 is 0 Å². The molecule has 2 aromatic carbocycles. The van der Waals surface area contributed by atoms with Crippen LogP contribution in [0.2, 0.25) is 0 Å². The van der Waals surface area contributed by atoms with Crippen LogP contribution in [-0.2, 0) is 22.7 Å². The lowest BCUT2D eigenvalue weighted by molar-refractivity contribution is -0.141. The minimum Gasteiger partial charge on any atom is -0.342 e. The fourth-order valence-corrected chi connectivity index (χ4v) is 5.05.